The van der Waals surface area contributed by atoms with E-state index in [-0.39, 0.29) is 0 Å². The van der Waals surface area contributed by atoms with Gasteiger partial charge in [-0.3, -0.25) is 9.97 Å². The molecule has 0 fully saturated rings. The van der Waals surface area contributed by atoms with Crippen LogP contribution in [-0.2, 0) is 0 Å². The zero-order valence-electron chi connectivity index (χ0n) is 27.6. The number of hydrogen-bond donors (Lipinski definition) is 0. The molecule has 236 valence electrons. The Labute approximate surface area is 293 Å². The lowest BCUT2D eigenvalue weighted by Gasteiger charge is -2.18. The minimum Gasteiger partial charge on any atom is -0.307 e. The van der Waals surface area contributed by atoms with E-state index < -0.39 is 0 Å². The number of nitrogens with zero attached hydrogens (tertiary/aromatic N) is 3. The molecule has 0 aliphatic rings. The largest absolute Gasteiger partial charge is 0.307 e. The Kier molecular flexibility index (Phi) is 5.96. The van der Waals surface area contributed by atoms with Crippen LogP contribution in [0.3, 0.4) is 0 Å². The molecule has 11 rings (SSSR count). The van der Waals surface area contributed by atoms with E-state index in [4.69, 9.17) is 0 Å². The summed E-state index contributed by atoms with van der Waals surface area (Å²) in [5.41, 5.74) is 8.25. The highest BCUT2D eigenvalue weighted by molar-refractivity contribution is 6.27. The number of rotatable bonds is 3. The van der Waals surface area contributed by atoms with Crippen LogP contribution in [-0.4, -0.2) is 14.5 Å². The van der Waals surface area contributed by atoms with Gasteiger partial charge in [0.15, 0.2) is 0 Å². The molecule has 0 saturated carbocycles. The summed E-state index contributed by atoms with van der Waals surface area (Å²) < 4.78 is 2.34. The van der Waals surface area contributed by atoms with Gasteiger partial charge in [0.05, 0.1) is 22.9 Å². The van der Waals surface area contributed by atoms with Crippen molar-refractivity contribution in [3.63, 3.8) is 0 Å². The van der Waals surface area contributed by atoms with E-state index in [1.165, 1.54) is 87.0 Å². The molecule has 51 heavy (non-hydrogen) atoms. The maximum absolute atomic E-state index is 4.60. The Morgan fingerprint density at radius 2 is 0.941 bits per heavy atom. The summed E-state index contributed by atoms with van der Waals surface area (Å²) in [6.45, 7) is 0. The maximum atomic E-state index is 4.60. The number of fused-ring (bicyclic) bond motifs is 11. The first-order valence-corrected chi connectivity index (χ1v) is 17.4. The van der Waals surface area contributed by atoms with Gasteiger partial charge in [-0.15, -0.1) is 0 Å². The first-order chi connectivity index (χ1) is 25.3. The van der Waals surface area contributed by atoms with E-state index in [9.17, 15) is 0 Å². The molecule has 0 bridgehead atoms. The van der Waals surface area contributed by atoms with Crippen molar-refractivity contribution in [1.29, 1.82) is 0 Å². The van der Waals surface area contributed by atoms with Gasteiger partial charge >= 0.3 is 0 Å². The normalized spacial score (nSPS) is 11.9. The highest BCUT2D eigenvalue weighted by Gasteiger charge is 2.21. The summed E-state index contributed by atoms with van der Waals surface area (Å²) in [5.74, 6) is 0. The van der Waals surface area contributed by atoms with E-state index >= 15 is 0 Å². The van der Waals surface area contributed by atoms with Gasteiger partial charge in [0.25, 0.3) is 0 Å². The number of hydrogen-bond acceptors (Lipinski definition) is 2. The quantitative estimate of drug-likeness (QED) is 0.179. The monoisotopic (exact) mass is 647 g/mol. The Bertz CT molecular complexity index is 3190. The van der Waals surface area contributed by atoms with Crippen LogP contribution in [0.5, 0.6) is 0 Å². The fraction of sp³-hybridized carbons (Fsp3) is 0. The average Bonchev–Trinajstić information content (AvgIpc) is 3.54. The molecule has 11 aromatic rings. The molecule has 3 aromatic heterocycles. The van der Waals surface area contributed by atoms with Crippen molar-refractivity contribution in [2.45, 2.75) is 0 Å². The molecule has 0 aliphatic carbocycles. The van der Waals surface area contributed by atoms with Crippen LogP contribution >= 0.6 is 0 Å². The van der Waals surface area contributed by atoms with Crippen molar-refractivity contribution >= 4 is 75.7 Å². The SMILES string of the molecule is c1cncc(-n2c3ccncc3c3cc(-c4cc5c6ccccc6c(-c6ccc7ccccc7c6)cc5c5ccccc45)c4ccccc4c32)c1. The molecule has 0 aliphatic heterocycles. The lowest BCUT2D eigenvalue weighted by molar-refractivity contribution is 1.14. The van der Waals surface area contributed by atoms with Crippen molar-refractivity contribution in [2.75, 3.05) is 0 Å². The topological polar surface area (TPSA) is 30.7 Å². The Balaban J connectivity index is 1.26. The summed E-state index contributed by atoms with van der Waals surface area (Å²) in [7, 11) is 0. The number of benzene rings is 8. The van der Waals surface area contributed by atoms with Crippen LogP contribution in [0.4, 0.5) is 0 Å². The van der Waals surface area contributed by atoms with Gasteiger partial charge in [-0.2, -0.15) is 0 Å². The molecule has 0 amide bonds. The Hall–Kier alpha value is -6.84. The highest BCUT2D eigenvalue weighted by Crippen LogP contribution is 2.46. The van der Waals surface area contributed by atoms with Crippen molar-refractivity contribution < 1.29 is 0 Å². The van der Waals surface area contributed by atoms with E-state index in [0.717, 1.165) is 16.6 Å². The lowest BCUT2D eigenvalue weighted by Crippen LogP contribution is -1.95. The van der Waals surface area contributed by atoms with Crippen LogP contribution in [0.2, 0.25) is 0 Å². The zero-order chi connectivity index (χ0) is 33.5. The number of aromatic nitrogens is 3. The summed E-state index contributed by atoms with van der Waals surface area (Å²) in [6, 6.07) is 55.6. The second-order valence-corrected chi connectivity index (χ2v) is 13.4. The van der Waals surface area contributed by atoms with Crippen molar-refractivity contribution in [2.24, 2.45) is 0 Å². The molecule has 0 atom stereocenters. The summed E-state index contributed by atoms with van der Waals surface area (Å²) >= 11 is 0. The van der Waals surface area contributed by atoms with Crippen molar-refractivity contribution in [3.8, 4) is 27.9 Å². The predicted molar refractivity (Wildman–Crippen MR) is 215 cm³/mol. The molecular weight excluding hydrogens is 619 g/mol. The van der Waals surface area contributed by atoms with E-state index in [1.807, 2.05) is 30.9 Å². The highest BCUT2D eigenvalue weighted by atomic mass is 15.0. The van der Waals surface area contributed by atoms with Crippen LogP contribution in [0.25, 0.3) is 104 Å². The van der Waals surface area contributed by atoms with Crippen LogP contribution in [0.1, 0.15) is 0 Å². The standard InChI is InChI=1S/C48H29N3/c1-2-11-31-24-32(20-19-30(31)10-1)40-25-41-36-15-5-6-16-37(36)43(26-42(41)35-14-4-3-13-34(35)40)44-27-45-46-29-50-23-21-47(46)51(33-12-9-22-49-28-33)48(45)39-18-8-7-17-38(39)44/h1-29H. The van der Waals surface area contributed by atoms with Crippen LogP contribution in [0, 0.1) is 0 Å². The first kappa shape index (κ1) is 28.0. The summed E-state index contributed by atoms with van der Waals surface area (Å²) in [6.07, 6.45) is 7.65. The van der Waals surface area contributed by atoms with Gasteiger partial charge in [-0.25, -0.2) is 0 Å². The molecule has 3 heteroatoms. The fourth-order valence-electron chi connectivity index (χ4n) is 8.46. The molecule has 0 saturated heterocycles. The third kappa shape index (κ3) is 4.12. The lowest BCUT2D eigenvalue weighted by atomic mass is 9.86. The van der Waals surface area contributed by atoms with E-state index in [2.05, 4.69) is 160 Å². The van der Waals surface area contributed by atoms with E-state index in [1.54, 1.807) is 0 Å². The zero-order valence-corrected chi connectivity index (χ0v) is 27.6. The van der Waals surface area contributed by atoms with E-state index in [0.29, 0.717) is 0 Å². The Morgan fingerprint density at radius 1 is 0.353 bits per heavy atom. The van der Waals surface area contributed by atoms with Crippen molar-refractivity contribution in [1.82, 2.24) is 14.5 Å². The fourth-order valence-corrected chi connectivity index (χ4v) is 8.46. The molecule has 3 nitrogen and oxygen atoms in total. The summed E-state index contributed by atoms with van der Waals surface area (Å²) in [4.78, 5) is 9.09. The second kappa shape index (κ2) is 10.8. The molecule has 0 radical (unpaired) electrons. The second-order valence-electron chi connectivity index (χ2n) is 13.4. The van der Waals surface area contributed by atoms with Crippen molar-refractivity contribution in [3.05, 3.63) is 176 Å². The van der Waals surface area contributed by atoms with Gasteiger partial charge in [0, 0.05) is 34.7 Å². The number of pyridine rings is 2. The molecule has 3 heterocycles. The van der Waals surface area contributed by atoms with Crippen LogP contribution < -0.4 is 0 Å². The first-order valence-electron chi connectivity index (χ1n) is 17.4. The maximum Gasteiger partial charge on any atom is 0.0645 e. The minimum atomic E-state index is 1.03. The molecule has 0 N–H and O–H groups in total. The van der Waals surface area contributed by atoms with Gasteiger partial charge in [-0.1, -0.05) is 109 Å². The summed E-state index contributed by atoms with van der Waals surface area (Å²) in [5, 5.41) is 14.7. The third-order valence-corrected chi connectivity index (χ3v) is 10.7. The van der Waals surface area contributed by atoms with Gasteiger partial charge in [0.2, 0.25) is 0 Å². The van der Waals surface area contributed by atoms with Gasteiger partial charge in [-0.05, 0) is 113 Å². The van der Waals surface area contributed by atoms with Crippen LogP contribution in [0.15, 0.2) is 176 Å². The molecule has 0 unspecified atom stereocenters. The van der Waals surface area contributed by atoms with Gasteiger partial charge in [0.1, 0.15) is 0 Å². The van der Waals surface area contributed by atoms with Gasteiger partial charge < -0.3 is 4.57 Å². The predicted octanol–water partition coefficient (Wildman–Crippen LogP) is 12.7. The molecular formula is C48H29N3. The Morgan fingerprint density at radius 3 is 1.67 bits per heavy atom. The third-order valence-electron chi connectivity index (χ3n) is 10.7. The minimum absolute atomic E-state index is 1.03. The molecule has 8 aromatic carbocycles. The smallest absolute Gasteiger partial charge is 0.0645 e. The average molecular weight is 648 g/mol. The molecule has 0 spiro atoms.